The maximum Gasteiger partial charge on any atom is 0.320 e. The molecule has 2 aromatic rings. The second-order valence-electron chi connectivity index (χ2n) is 9.13. The topological polar surface area (TPSA) is 68.8 Å². The van der Waals surface area contributed by atoms with Crippen LogP contribution < -0.4 is 5.32 Å². The summed E-state index contributed by atoms with van der Waals surface area (Å²) in [4.78, 5) is 36.1. The minimum atomic E-state index is -0.207. The van der Waals surface area contributed by atoms with Gasteiger partial charge < -0.3 is 15.1 Å². The molecule has 2 aliphatic heterocycles. The van der Waals surface area contributed by atoms with E-state index in [1.165, 1.54) is 0 Å². The number of nitrogens with zero attached hydrogens (tertiary/aromatic N) is 4. The van der Waals surface area contributed by atoms with Gasteiger partial charge in [0.2, 0.25) is 0 Å². The van der Waals surface area contributed by atoms with Crippen molar-refractivity contribution >= 4 is 29.2 Å². The summed E-state index contributed by atoms with van der Waals surface area (Å²) in [7, 11) is 0. The first kappa shape index (κ1) is 23.5. The molecule has 7 nitrogen and oxygen atoms in total. The fourth-order valence-electron chi connectivity index (χ4n) is 4.62. The summed E-state index contributed by atoms with van der Waals surface area (Å²) < 4.78 is 0. The molecular weight excluding hydrogens is 438 g/mol. The Labute approximate surface area is 200 Å². The van der Waals surface area contributed by atoms with Gasteiger partial charge in [0.15, 0.2) is 0 Å². The van der Waals surface area contributed by atoms with Crippen molar-refractivity contribution in [2.45, 2.75) is 46.2 Å². The molecule has 0 unspecified atom stereocenters. The van der Waals surface area contributed by atoms with Gasteiger partial charge in [0, 0.05) is 67.9 Å². The number of hydrogen-bond acceptors (Lipinski definition) is 4. The highest BCUT2D eigenvalue weighted by atomic mass is 35.5. The van der Waals surface area contributed by atoms with Crippen LogP contribution in [0.25, 0.3) is 0 Å². The highest BCUT2D eigenvalue weighted by Crippen LogP contribution is 2.27. The van der Waals surface area contributed by atoms with Crippen molar-refractivity contribution in [2.75, 3.05) is 38.0 Å². The zero-order valence-corrected chi connectivity index (χ0v) is 20.4. The Morgan fingerprint density at radius 2 is 1.88 bits per heavy atom. The minimum Gasteiger partial charge on any atom is -0.325 e. The van der Waals surface area contributed by atoms with E-state index in [2.05, 4.69) is 22.1 Å². The molecule has 1 N–H and O–H groups in total. The van der Waals surface area contributed by atoms with E-state index in [1.54, 1.807) is 18.3 Å². The third kappa shape index (κ3) is 5.47. The summed E-state index contributed by atoms with van der Waals surface area (Å²) in [6, 6.07) is 7.67. The summed E-state index contributed by atoms with van der Waals surface area (Å²) in [5.74, 6) is -0.207. The quantitative estimate of drug-likeness (QED) is 0.723. The number of amides is 3. The van der Waals surface area contributed by atoms with Crippen molar-refractivity contribution in [3.8, 4) is 0 Å². The number of carbonyl (C=O) groups excluding carboxylic acids is 2. The number of benzene rings is 1. The summed E-state index contributed by atoms with van der Waals surface area (Å²) in [6.45, 7) is 10.8. The summed E-state index contributed by atoms with van der Waals surface area (Å²) in [5.41, 5.74) is 4.15. The van der Waals surface area contributed by atoms with Crippen LogP contribution in [-0.2, 0) is 6.54 Å². The Bertz CT molecular complexity index is 1020. The van der Waals surface area contributed by atoms with Crippen LogP contribution in [0, 0.1) is 13.8 Å². The second kappa shape index (κ2) is 10.1. The van der Waals surface area contributed by atoms with E-state index in [-0.39, 0.29) is 18.0 Å². The molecular formula is C25H32ClN5O2. The Morgan fingerprint density at radius 3 is 2.55 bits per heavy atom. The largest absolute Gasteiger partial charge is 0.325 e. The average Bonchev–Trinajstić information content (AvgIpc) is 3.32. The number of carbonyl (C=O) groups is 2. The van der Waals surface area contributed by atoms with Crippen LogP contribution in [0.2, 0.25) is 5.02 Å². The average molecular weight is 470 g/mol. The number of anilines is 1. The monoisotopic (exact) mass is 469 g/mol. The molecule has 0 saturated carbocycles. The van der Waals surface area contributed by atoms with E-state index >= 15 is 0 Å². The van der Waals surface area contributed by atoms with Crippen LogP contribution in [0.15, 0.2) is 30.5 Å². The molecule has 2 saturated heterocycles. The summed E-state index contributed by atoms with van der Waals surface area (Å²) >= 11 is 6.42. The molecule has 1 aromatic heterocycles. The molecule has 0 radical (unpaired) electrons. The lowest BCUT2D eigenvalue weighted by Crippen LogP contribution is -2.56. The number of hydrogen-bond donors (Lipinski definition) is 1. The number of rotatable bonds is 4. The predicted molar refractivity (Wildman–Crippen MR) is 131 cm³/mol. The molecule has 3 amide bonds. The second-order valence-corrected chi connectivity index (χ2v) is 9.57. The van der Waals surface area contributed by atoms with Gasteiger partial charge in [-0.15, -0.1) is 0 Å². The minimum absolute atomic E-state index is 0.152. The maximum atomic E-state index is 12.8. The van der Waals surface area contributed by atoms with Gasteiger partial charge in [0.25, 0.3) is 5.91 Å². The molecule has 1 aromatic carbocycles. The van der Waals surface area contributed by atoms with Crippen molar-refractivity contribution < 1.29 is 9.59 Å². The zero-order valence-electron chi connectivity index (χ0n) is 19.6. The zero-order chi connectivity index (χ0) is 23.5. The first-order chi connectivity index (χ1) is 15.8. The Balaban J connectivity index is 1.42. The van der Waals surface area contributed by atoms with Crippen LogP contribution in [0.1, 0.15) is 46.9 Å². The van der Waals surface area contributed by atoms with Gasteiger partial charge in [-0.25, -0.2) is 4.79 Å². The van der Waals surface area contributed by atoms with Crippen LogP contribution in [-0.4, -0.2) is 70.4 Å². The molecule has 0 spiro atoms. The Morgan fingerprint density at radius 1 is 1.12 bits per heavy atom. The number of urea groups is 1. The van der Waals surface area contributed by atoms with E-state index in [4.69, 9.17) is 11.6 Å². The molecule has 8 heteroatoms. The van der Waals surface area contributed by atoms with Crippen LogP contribution in [0.3, 0.4) is 0 Å². The molecule has 4 rings (SSSR count). The Kier molecular flexibility index (Phi) is 7.20. The number of nitrogens with one attached hydrogen (secondary N) is 1. The molecule has 0 aliphatic carbocycles. The van der Waals surface area contributed by atoms with Crippen molar-refractivity contribution in [1.82, 2.24) is 19.7 Å². The molecule has 2 fully saturated rings. The van der Waals surface area contributed by atoms with Crippen molar-refractivity contribution in [3.63, 3.8) is 0 Å². The molecule has 2 aliphatic rings. The third-order valence-corrected chi connectivity index (χ3v) is 6.85. The van der Waals surface area contributed by atoms with Gasteiger partial charge in [-0.1, -0.05) is 11.6 Å². The fourth-order valence-corrected chi connectivity index (χ4v) is 4.86. The molecule has 0 bridgehead atoms. The van der Waals surface area contributed by atoms with Gasteiger partial charge in [-0.2, -0.15) is 0 Å². The van der Waals surface area contributed by atoms with Crippen LogP contribution >= 0.6 is 11.6 Å². The van der Waals surface area contributed by atoms with Crippen LogP contribution in [0.5, 0.6) is 0 Å². The van der Waals surface area contributed by atoms with Crippen LogP contribution in [0.4, 0.5) is 10.5 Å². The van der Waals surface area contributed by atoms with Crippen molar-refractivity contribution in [3.05, 3.63) is 57.9 Å². The van der Waals surface area contributed by atoms with Gasteiger partial charge in [0.05, 0.1) is 5.56 Å². The predicted octanol–water partition coefficient (Wildman–Crippen LogP) is 4.33. The van der Waals surface area contributed by atoms with Gasteiger partial charge in [0.1, 0.15) is 0 Å². The number of likely N-dealkylation sites (tertiary alicyclic amines) is 1. The highest BCUT2D eigenvalue weighted by molar-refractivity contribution is 6.31. The fraction of sp³-hybridized carbons (Fsp3) is 0.480. The van der Waals surface area contributed by atoms with Gasteiger partial charge in [-0.3, -0.25) is 14.7 Å². The normalized spacial score (nSPS) is 19.1. The molecule has 33 heavy (non-hydrogen) atoms. The van der Waals surface area contributed by atoms with Gasteiger partial charge in [-0.05, 0) is 69.0 Å². The number of piperazine rings is 1. The summed E-state index contributed by atoms with van der Waals surface area (Å²) in [5, 5.41) is 3.57. The number of halogens is 1. The molecule has 3 heterocycles. The van der Waals surface area contributed by atoms with Crippen molar-refractivity contribution in [2.24, 2.45) is 0 Å². The van der Waals surface area contributed by atoms with E-state index in [9.17, 15) is 9.59 Å². The lowest BCUT2D eigenvalue weighted by atomic mass is 10.0. The van der Waals surface area contributed by atoms with Crippen molar-refractivity contribution in [1.29, 1.82) is 0 Å². The molecule has 176 valence electrons. The number of pyridine rings is 1. The van der Waals surface area contributed by atoms with E-state index in [0.717, 1.165) is 68.9 Å². The smallest absolute Gasteiger partial charge is 0.320 e. The standard InChI is InChI=1S/C25H32ClN5O2/c1-17-6-7-20(14-27-17)24(32)28-23-13-22(26)12-21(19(23)3)16-29-10-11-31(18(2)15-29)25(33)30-8-4-5-9-30/h6-7,12-14,18H,4-5,8-11,15-16H2,1-3H3,(H,28,32)/t18-/m0/s1. The molecule has 1 atom stereocenters. The maximum absolute atomic E-state index is 12.8. The summed E-state index contributed by atoms with van der Waals surface area (Å²) in [6.07, 6.45) is 3.79. The van der Waals surface area contributed by atoms with E-state index in [1.807, 2.05) is 35.8 Å². The van der Waals surface area contributed by atoms with E-state index in [0.29, 0.717) is 16.3 Å². The highest BCUT2D eigenvalue weighted by Gasteiger charge is 2.31. The first-order valence-corrected chi connectivity index (χ1v) is 12.0. The third-order valence-electron chi connectivity index (χ3n) is 6.63. The Hall–Kier alpha value is -2.64. The van der Waals surface area contributed by atoms with Gasteiger partial charge >= 0.3 is 6.03 Å². The van der Waals surface area contributed by atoms with E-state index < -0.39 is 0 Å². The number of aromatic nitrogens is 1. The lowest BCUT2D eigenvalue weighted by Gasteiger charge is -2.41. The number of aryl methyl sites for hydroxylation is 1. The first-order valence-electron chi connectivity index (χ1n) is 11.6. The SMILES string of the molecule is Cc1ccc(C(=O)Nc2cc(Cl)cc(CN3CCN(C(=O)N4CCCC4)[C@@H](C)C3)c2C)cn1. The lowest BCUT2D eigenvalue weighted by molar-refractivity contribution is 0.0814.